The molecule has 3 aromatic rings. The highest BCUT2D eigenvalue weighted by atomic mass is 35.5. The first-order valence-corrected chi connectivity index (χ1v) is 11.7. The Morgan fingerprint density at radius 2 is 1.89 bits per heavy atom. The molecule has 1 aliphatic rings. The summed E-state index contributed by atoms with van der Waals surface area (Å²) in [5.74, 6) is -0.125. The van der Waals surface area contributed by atoms with Gasteiger partial charge in [0.1, 0.15) is 6.61 Å². The van der Waals surface area contributed by atoms with E-state index in [0.29, 0.717) is 38.9 Å². The lowest BCUT2D eigenvalue weighted by atomic mass is 10.2. The number of methoxy groups -OCH3 is 1. The summed E-state index contributed by atoms with van der Waals surface area (Å²) in [5.41, 5.74) is 2.32. The summed E-state index contributed by atoms with van der Waals surface area (Å²) in [6.45, 7) is 0.357. The number of carbonyl (C=O) groups is 2. The molecular formula is C26H21ClN2O5S. The van der Waals surface area contributed by atoms with Gasteiger partial charge in [-0.3, -0.25) is 9.69 Å². The van der Waals surface area contributed by atoms with Gasteiger partial charge < -0.3 is 14.6 Å². The first-order valence-electron chi connectivity index (χ1n) is 10.5. The molecule has 0 unspecified atom stereocenters. The predicted octanol–water partition coefficient (Wildman–Crippen LogP) is 5.86. The van der Waals surface area contributed by atoms with E-state index in [9.17, 15) is 14.7 Å². The van der Waals surface area contributed by atoms with E-state index in [0.717, 1.165) is 11.1 Å². The zero-order chi connectivity index (χ0) is 24.9. The van der Waals surface area contributed by atoms with Crippen molar-refractivity contribution in [2.45, 2.75) is 6.61 Å². The van der Waals surface area contributed by atoms with Crippen molar-refractivity contribution in [1.82, 2.24) is 4.90 Å². The van der Waals surface area contributed by atoms with Gasteiger partial charge in [0.05, 0.1) is 23.3 Å². The number of carboxylic acids is 1. The number of hydrogen-bond donors (Lipinski definition) is 1. The Bertz CT molecular complexity index is 1340. The van der Waals surface area contributed by atoms with Crippen LogP contribution in [0.2, 0.25) is 5.02 Å². The summed E-state index contributed by atoms with van der Waals surface area (Å²) in [6, 6.07) is 19.1. The van der Waals surface area contributed by atoms with Crippen molar-refractivity contribution in [2.75, 3.05) is 14.2 Å². The van der Waals surface area contributed by atoms with Crippen LogP contribution < -0.4 is 9.47 Å². The fourth-order valence-corrected chi connectivity index (χ4v) is 4.37. The molecule has 9 heteroatoms. The first kappa shape index (κ1) is 24.4. The number of benzene rings is 3. The van der Waals surface area contributed by atoms with E-state index < -0.39 is 5.97 Å². The van der Waals surface area contributed by atoms with Crippen molar-refractivity contribution in [2.24, 2.45) is 4.99 Å². The van der Waals surface area contributed by atoms with Crippen molar-refractivity contribution in [3.8, 4) is 11.5 Å². The van der Waals surface area contributed by atoms with Gasteiger partial charge in [0.25, 0.3) is 5.91 Å². The Balaban J connectivity index is 1.52. The number of carboxylic acid groups (broad SMARTS) is 1. The molecule has 1 heterocycles. The summed E-state index contributed by atoms with van der Waals surface area (Å²) in [5, 5.41) is 10.3. The third-order valence-corrected chi connectivity index (χ3v) is 6.43. The Labute approximate surface area is 211 Å². The third-order valence-electron chi connectivity index (χ3n) is 5.11. The molecule has 1 saturated heterocycles. The molecule has 0 bridgehead atoms. The molecule has 0 aromatic heterocycles. The van der Waals surface area contributed by atoms with E-state index in [1.807, 2.05) is 18.2 Å². The highest BCUT2D eigenvalue weighted by Crippen LogP contribution is 2.35. The molecule has 0 aliphatic carbocycles. The van der Waals surface area contributed by atoms with Gasteiger partial charge in [0.2, 0.25) is 0 Å². The number of amidine groups is 1. The van der Waals surface area contributed by atoms with Crippen LogP contribution >= 0.6 is 23.4 Å². The van der Waals surface area contributed by atoms with Crippen molar-refractivity contribution >= 4 is 52.2 Å². The van der Waals surface area contributed by atoms with Crippen molar-refractivity contribution in [3.63, 3.8) is 0 Å². The molecule has 35 heavy (non-hydrogen) atoms. The molecule has 1 amide bonds. The van der Waals surface area contributed by atoms with Gasteiger partial charge in [-0.05, 0) is 71.4 Å². The summed E-state index contributed by atoms with van der Waals surface area (Å²) in [4.78, 5) is 30.4. The van der Waals surface area contributed by atoms with Crippen LogP contribution in [-0.2, 0) is 11.4 Å². The molecule has 0 saturated carbocycles. The molecule has 0 spiro atoms. The molecule has 7 nitrogen and oxygen atoms in total. The summed E-state index contributed by atoms with van der Waals surface area (Å²) in [6.07, 6.45) is 1.76. The normalized spacial score (nSPS) is 15.6. The van der Waals surface area contributed by atoms with Crippen LogP contribution in [0.25, 0.3) is 6.08 Å². The van der Waals surface area contributed by atoms with Gasteiger partial charge in [0, 0.05) is 12.1 Å². The minimum absolute atomic E-state index is 0.130. The number of halogens is 1. The van der Waals surface area contributed by atoms with Gasteiger partial charge >= 0.3 is 5.97 Å². The van der Waals surface area contributed by atoms with E-state index in [-0.39, 0.29) is 11.5 Å². The maximum atomic E-state index is 12.8. The number of aliphatic imine (C=N–C) groups is 1. The predicted molar refractivity (Wildman–Crippen MR) is 138 cm³/mol. The monoisotopic (exact) mass is 508 g/mol. The average Bonchev–Trinajstić information content (AvgIpc) is 3.11. The molecule has 0 atom stereocenters. The van der Waals surface area contributed by atoms with Crippen LogP contribution in [0, 0.1) is 0 Å². The Hall–Kier alpha value is -3.75. The summed E-state index contributed by atoms with van der Waals surface area (Å²) >= 11 is 7.14. The van der Waals surface area contributed by atoms with E-state index >= 15 is 0 Å². The second-order valence-corrected chi connectivity index (χ2v) is 9.00. The number of nitrogens with zero attached hydrogens (tertiary/aromatic N) is 2. The van der Waals surface area contributed by atoms with Crippen LogP contribution in [0.4, 0.5) is 5.69 Å². The van der Waals surface area contributed by atoms with Crippen LogP contribution in [0.15, 0.2) is 76.6 Å². The molecule has 4 rings (SSSR count). The number of rotatable bonds is 7. The Morgan fingerprint density at radius 3 is 2.60 bits per heavy atom. The standard InChI is InChI=1S/C26H21ClN2O5S/c1-29-24(30)23(35-26(29)28-20-5-3-4-18(14-20)25(31)32)13-17-8-11-21(22(12-17)33-2)34-15-16-6-9-19(27)10-7-16/h3-14H,15H2,1-2H3,(H,31,32)/b23-13-,28-26?. The second kappa shape index (κ2) is 10.7. The quantitative estimate of drug-likeness (QED) is 0.402. The minimum Gasteiger partial charge on any atom is -0.493 e. The Kier molecular flexibility index (Phi) is 7.43. The van der Waals surface area contributed by atoms with Gasteiger partial charge in [0.15, 0.2) is 16.7 Å². The Morgan fingerprint density at radius 1 is 1.11 bits per heavy atom. The fourth-order valence-electron chi connectivity index (χ4n) is 3.26. The van der Waals surface area contributed by atoms with Gasteiger partial charge in [-0.2, -0.15) is 0 Å². The number of hydrogen-bond acceptors (Lipinski definition) is 6. The van der Waals surface area contributed by atoms with E-state index in [4.69, 9.17) is 21.1 Å². The maximum absolute atomic E-state index is 12.8. The van der Waals surface area contributed by atoms with Crippen LogP contribution in [-0.4, -0.2) is 41.2 Å². The molecule has 0 radical (unpaired) electrons. The number of thioether (sulfide) groups is 1. The zero-order valence-corrected chi connectivity index (χ0v) is 20.5. The number of carbonyl (C=O) groups excluding carboxylic acids is 1. The molecule has 178 valence electrons. The first-order chi connectivity index (χ1) is 16.8. The molecule has 1 N–H and O–H groups in total. The topological polar surface area (TPSA) is 88.4 Å². The van der Waals surface area contributed by atoms with Crippen molar-refractivity contribution in [3.05, 3.63) is 93.3 Å². The lowest BCUT2D eigenvalue weighted by molar-refractivity contribution is -0.121. The third kappa shape index (κ3) is 5.85. The number of ether oxygens (including phenoxy) is 2. The van der Waals surface area contributed by atoms with Gasteiger partial charge in [-0.1, -0.05) is 35.9 Å². The number of likely N-dealkylation sites (N-methyl/N-ethyl adjacent to an activating group) is 1. The average molecular weight is 509 g/mol. The van der Waals surface area contributed by atoms with Gasteiger partial charge in [-0.25, -0.2) is 9.79 Å². The fraction of sp³-hybridized carbons (Fsp3) is 0.115. The highest BCUT2D eigenvalue weighted by Gasteiger charge is 2.30. The maximum Gasteiger partial charge on any atom is 0.335 e. The van der Waals surface area contributed by atoms with Crippen LogP contribution in [0.5, 0.6) is 11.5 Å². The molecule has 1 aliphatic heterocycles. The highest BCUT2D eigenvalue weighted by molar-refractivity contribution is 8.18. The number of amides is 1. The van der Waals surface area contributed by atoms with Crippen molar-refractivity contribution < 1.29 is 24.2 Å². The van der Waals surface area contributed by atoms with Gasteiger partial charge in [-0.15, -0.1) is 0 Å². The summed E-state index contributed by atoms with van der Waals surface area (Å²) < 4.78 is 11.4. The number of aromatic carboxylic acids is 1. The summed E-state index contributed by atoms with van der Waals surface area (Å²) in [7, 11) is 3.19. The second-order valence-electron chi connectivity index (χ2n) is 7.55. The molecular weight excluding hydrogens is 488 g/mol. The lowest BCUT2D eigenvalue weighted by Crippen LogP contribution is -2.23. The SMILES string of the molecule is COc1cc(/C=C2\SC(=Nc3cccc(C(=O)O)c3)N(C)C2=O)ccc1OCc1ccc(Cl)cc1. The van der Waals surface area contributed by atoms with Crippen molar-refractivity contribution in [1.29, 1.82) is 0 Å². The lowest BCUT2D eigenvalue weighted by Gasteiger charge is -2.11. The van der Waals surface area contributed by atoms with E-state index in [2.05, 4.69) is 4.99 Å². The molecule has 1 fully saturated rings. The largest absolute Gasteiger partial charge is 0.493 e. The minimum atomic E-state index is -1.04. The van der Waals surface area contributed by atoms with Crippen LogP contribution in [0.1, 0.15) is 21.5 Å². The smallest absolute Gasteiger partial charge is 0.335 e. The van der Waals surface area contributed by atoms with Crippen LogP contribution in [0.3, 0.4) is 0 Å². The van der Waals surface area contributed by atoms with E-state index in [1.165, 1.54) is 28.8 Å². The van der Waals surface area contributed by atoms with E-state index in [1.54, 1.807) is 56.6 Å². The zero-order valence-electron chi connectivity index (χ0n) is 18.9. The molecule has 3 aromatic carbocycles.